The summed E-state index contributed by atoms with van der Waals surface area (Å²) < 4.78 is 13.3. The molecule has 0 atom stereocenters. The van der Waals surface area contributed by atoms with Crippen molar-refractivity contribution < 1.29 is 4.39 Å². The molecule has 0 bridgehead atoms. The lowest BCUT2D eigenvalue weighted by atomic mass is 10.2. The van der Waals surface area contributed by atoms with Crippen LogP contribution in [0.3, 0.4) is 0 Å². The van der Waals surface area contributed by atoms with Crippen LogP contribution in [0.15, 0.2) is 29.3 Å². The Bertz CT molecular complexity index is 350. The van der Waals surface area contributed by atoms with Crippen molar-refractivity contribution in [1.29, 1.82) is 0 Å². The highest BCUT2D eigenvalue weighted by Gasteiger charge is 2.01. The van der Waals surface area contributed by atoms with Crippen LogP contribution < -0.4 is 10.6 Å². The molecule has 0 radical (unpaired) electrons. The average Bonchev–Trinajstić information content (AvgIpc) is 2.31. The number of aliphatic imine (C=N–C) groups is 1. The molecule has 0 fully saturated rings. The van der Waals surface area contributed by atoms with Gasteiger partial charge in [-0.25, -0.2) is 4.39 Å². The largest absolute Gasteiger partial charge is 0.356 e. The Labute approximate surface area is 95.8 Å². The summed E-state index contributed by atoms with van der Waals surface area (Å²) in [5.41, 5.74) is 0.641. The van der Waals surface area contributed by atoms with Gasteiger partial charge in [-0.05, 0) is 12.5 Å². The van der Waals surface area contributed by atoms with Crippen molar-refractivity contribution in [2.24, 2.45) is 4.99 Å². The monoisotopic (exact) mass is 223 g/mol. The first-order chi connectivity index (χ1) is 7.77. The van der Waals surface area contributed by atoms with Gasteiger partial charge in [0.15, 0.2) is 5.96 Å². The van der Waals surface area contributed by atoms with Gasteiger partial charge in [-0.2, -0.15) is 0 Å². The molecule has 1 rings (SSSR count). The minimum atomic E-state index is -0.194. The Balaban J connectivity index is 2.47. The van der Waals surface area contributed by atoms with E-state index < -0.39 is 0 Å². The first-order valence-electron chi connectivity index (χ1n) is 5.45. The third-order valence-electron chi connectivity index (χ3n) is 2.17. The highest BCUT2D eigenvalue weighted by atomic mass is 19.1. The molecule has 1 aromatic carbocycles. The Morgan fingerprint density at radius 3 is 2.69 bits per heavy atom. The van der Waals surface area contributed by atoms with Gasteiger partial charge in [-0.1, -0.05) is 25.1 Å². The van der Waals surface area contributed by atoms with Gasteiger partial charge in [0.25, 0.3) is 0 Å². The molecule has 4 heteroatoms. The molecule has 0 unspecified atom stereocenters. The second-order valence-corrected chi connectivity index (χ2v) is 3.44. The summed E-state index contributed by atoms with van der Waals surface area (Å²) in [5, 5.41) is 6.19. The summed E-state index contributed by atoms with van der Waals surface area (Å²) >= 11 is 0. The zero-order valence-electron chi connectivity index (χ0n) is 9.76. The van der Waals surface area contributed by atoms with Gasteiger partial charge < -0.3 is 10.6 Å². The van der Waals surface area contributed by atoms with Crippen LogP contribution in [-0.4, -0.2) is 19.6 Å². The van der Waals surface area contributed by atoms with E-state index in [4.69, 9.17) is 0 Å². The first-order valence-corrected chi connectivity index (χ1v) is 5.45. The van der Waals surface area contributed by atoms with Crippen LogP contribution in [0, 0.1) is 5.82 Å². The molecule has 0 heterocycles. The van der Waals surface area contributed by atoms with Crippen molar-refractivity contribution >= 4 is 5.96 Å². The minimum Gasteiger partial charge on any atom is -0.356 e. The Morgan fingerprint density at radius 2 is 2.06 bits per heavy atom. The van der Waals surface area contributed by atoms with Crippen molar-refractivity contribution in [2.45, 2.75) is 19.9 Å². The van der Waals surface area contributed by atoms with Gasteiger partial charge in [0, 0.05) is 25.7 Å². The fourth-order valence-corrected chi connectivity index (χ4v) is 1.28. The number of benzene rings is 1. The Hall–Kier alpha value is -1.58. The number of rotatable bonds is 4. The van der Waals surface area contributed by atoms with E-state index in [-0.39, 0.29) is 5.82 Å². The lowest BCUT2D eigenvalue weighted by Crippen LogP contribution is -2.37. The standard InChI is InChI=1S/C12H18FN3/c1-3-8-15-12(14-2)16-9-10-6-4-5-7-11(10)13/h4-7H,3,8-9H2,1-2H3,(H2,14,15,16). The van der Waals surface area contributed by atoms with Gasteiger partial charge in [0.05, 0.1) is 0 Å². The van der Waals surface area contributed by atoms with Crippen LogP contribution in [0.5, 0.6) is 0 Å². The van der Waals surface area contributed by atoms with E-state index in [1.807, 2.05) is 6.07 Å². The van der Waals surface area contributed by atoms with Crippen molar-refractivity contribution in [1.82, 2.24) is 10.6 Å². The summed E-state index contributed by atoms with van der Waals surface area (Å²) in [4.78, 5) is 4.04. The predicted molar refractivity (Wildman–Crippen MR) is 64.9 cm³/mol. The molecule has 16 heavy (non-hydrogen) atoms. The number of nitrogens with one attached hydrogen (secondary N) is 2. The quantitative estimate of drug-likeness (QED) is 0.604. The maximum atomic E-state index is 13.3. The van der Waals surface area contributed by atoms with Crippen molar-refractivity contribution in [3.63, 3.8) is 0 Å². The molecule has 0 aliphatic carbocycles. The van der Waals surface area contributed by atoms with E-state index in [0.29, 0.717) is 18.1 Å². The van der Waals surface area contributed by atoms with Crippen LogP contribution in [0.1, 0.15) is 18.9 Å². The molecule has 0 aliphatic rings. The van der Waals surface area contributed by atoms with Crippen LogP contribution in [0.25, 0.3) is 0 Å². The van der Waals surface area contributed by atoms with Gasteiger partial charge in [0.1, 0.15) is 5.82 Å². The average molecular weight is 223 g/mol. The maximum absolute atomic E-state index is 13.3. The molecular formula is C12H18FN3. The van der Waals surface area contributed by atoms with E-state index >= 15 is 0 Å². The molecule has 0 amide bonds. The van der Waals surface area contributed by atoms with E-state index in [9.17, 15) is 4.39 Å². The van der Waals surface area contributed by atoms with Crippen LogP contribution in [0.2, 0.25) is 0 Å². The number of nitrogens with zero attached hydrogens (tertiary/aromatic N) is 1. The highest BCUT2D eigenvalue weighted by molar-refractivity contribution is 5.79. The van der Waals surface area contributed by atoms with E-state index in [0.717, 1.165) is 13.0 Å². The normalized spacial score (nSPS) is 11.3. The first kappa shape index (κ1) is 12.5. The van der Waals surface area contributed by atoms with Crippen molar-refractivity contribution in [3.8, 4) is 0 Å². The molecule has 88 valence electrons. The summed E-state index contributed by atoms with van der Waals surface area (Å²) in [5.74, 6) is 0.506. The molecule has 0 aromatic heterocycles. The van der Waals surface area contributed by atoms with Crippen molar-refractivity contribution in [2.75, 3.05) is 13.6 Å². The summed E-state index contributed by atoms with van der Waals surface area (Å²) in [7, 11) is 1.70. The molecule has 0 aliphatic heterocycles. The molecular weight excluding hydrogens is 205 g/mol. The van der Waals surface area contributed by atoms with Crippen LogP contribution in [-0.2, 0) is 6.54 Å². The van der Waals surface area contributed by atoms with Gasteiger partial charge in [-0.3, -0.25) is 4.99 Å². The molecule has 3 nitrogen and oxygen atoms in total. The maximum Gasteiger partial charge on any atom is 0.191 e. The predicted octanol–water partition coefficient (Wildman–Crippen LogP) is 1.90. The molecule has 0 saturated heterocycles. The van der Waals surface area contributed by atoms with Crippen molar-refractivity contribution in [3.05, 3.63) is 35.6 Å². The smallest absolute Gasteiger partial charge is 0.191 e. The fourth-order valence-electron chi connectivity index (χ4n) is 1.28. The third-order valence-corrected chi connectivity index (χ3v) is 2.17. The highest BCUT2D eigenvalue weighted by Crippen LogP contribution is 2.05. The molecule has 2 N–H and O–H groups in total. The molecule has 1 aromatic rings. The number of hydrogen-bond donors (Lipinski definition) is 2. The lowest BCUT2D eigenvalue weighted by molar-refractivity contribution is 0.604. The molecule has 0 spiro atoms. The van der Waals surface area contributed by atoms with Gasteiger partial charge >= 0.3 is 0 Å². The molecule has 0 saturated carbocycles. The third kappa shape index (κ3) is 3.88. The van der Waals surface area contributed by atoms with E-state index in [1.54, 1.807) is 19.2 Å². The van der Waals surface area contributed by atoms with Gasteiger partial charge in [0.2, 0.25) is 0 Å². The van der Waals surface area contributed by atoms with Crippen LogP contribution >= 0.6 is 0 Å². The van der Waals surface area contributed by atoms with Gasteiger partial charge in [-0.15, -0.1) is 0 Å². The summed E-state index contributed by atoms with van der Waals surface area (Å²) in [6, 6.07) is 6.72. The second-order valence-electron chi connectivity index (χ2n) is 3.44. The second kappa shape index (κ2) is 6.82. The van der Waals surface area contributed by atoms with E-state index in [2.05, 4.69) is 22.5 Å². The SMILES string of the molecule is CCCNC(=NC)NCc1ccccc1F. The minimum absolute atomic E-state index is 0.194. The fraction of sp³-hybridized carbons (Fsp3) is 0.417. The summed E-state index contributed by atoms with van der Waals surface area (Å²) in [6.07, 6.45) is 1.03. The number of halogens is 1. The Kier molecular flexibility index (Phi) is 5.32. The van der Waals surface area contributed by atoms with E-state index in [1.165, 1.54) is 6.07 Å². The zero-order valence-corrected chi connectivity index (χ0v) is 9.76. The topological polar surface area (TPSA) is 36.4 Å². The zero-order chi connectivity index (χ0) is 11.8. The van der Waals surface area contributed by atoms with Crippen LogP contribution in [0.4, 0.5) is 4.39 Å². The number of guanidine groups is 1. The summed E-state index contributed by atoms with van der Waals surface area (Å²) in [6.45, 7) is 3.38. The number of hydrogen-bond acceptors (Lipinski definition) is 1. The Morgan fingerprint density at radius 1 is 1.31 bits per heavy atom. The lowest BCUT2D eigenvalue weighted by Gasteiger charge is -2.11.